The van der Waals surface area contributed by atoms with Crippen LogP contribution in [0.1, 0.15) is 24.5 Å². The molecule has 3 N–H and O–H groups in total. The molecule has 4 rings (SSSR count). The molecule has 30 heavy (non-hydrogen) atoms. The Kier molecular flexibility index (Phi) is 5.31. The van der Waals surface area contributed by atoms with Gasteiger partial charge in [0.2, 0.25) is 10.0 Å². The molecule has 10 heteroatoms. The molecule has 3 aromatic rings. The molecule has 0 amide bonds. The summed E-state index contributed by atoms with van der Waals surface area (Å²) in [5, 5.41) is 10.6. The van der Waals surface area contributed by atoms with Crippen LogP contribution in [0.15, 0.2) is 56.9 Å². The second kappa shape index (κ2) is 7.78. The molecule has 0 aliphatic carbocycles. The molecule has 1 saturated heterocycles. The Bertz CT molecular complexity index is 1290. The van der Waals surface area contributed by atoms with Crippen molar-refractivity contribution in [1.29, 1.82) is 0 Å². The molecule has 1 aliphatic rings. The molecule has 1 atom stereocenters. The van der Waals surface area contributed by atoms with E-state index in [1.54, 1.807) is 0 Å². The molecular weight excluding hydrogens is 413 g/mol. The summed E-state index contributed by atoms with van der Waals surface area (Å²) >= 11 is 0. The number of aromatic amines is 2. The molecule has 0 bridgehead atoms. The SMILES string of the molecule is O=c1[nH]c(=O)c2cc(S(=O)(=O)N3CCC(C(O)c4ccc(F)cc4)CC3)ccc2[nH]1. The van der Waals surface area contributed by atoms with Crippen LogP contribution in [0.25, 0.3) is 10.9 Å². The largest absolute Gasteiger partial charge is 0.388 e. The average molecular weight is 433 g/mol. The van der Waals surface area contributed by atoms with E-state index in [0.717, 1.165) is 0 Å². The maximum absolute atomic E-state index is 13.1. The van der Waals surface area contributed by atoms with Crippen LogP contribution in [0.5, 0.6) is 0 Å². The summed E-state index contributed by atoms with van der Waals surface area (Å²) in [6.07, 6.45) is 0.0879. The van der Waals surface area contributed by atoms with Crippen LogP contribution in [-0.2, 0) is 10.0 Å². The highest BCUT2D eigenvalue weighted by atomic mass is 32.2. The van der Waals surface area contributed by atoms with Gasteiger partial charge in [-0.25, -0.2) is 17.6 Å². The molecule has 1 aromatic heterocycles. The van der Waals surface area contributed by atoms with Crippen molar-refractivity contribution in [3.05, 3.63) is 74.7 Å². The number of H-pyrrole nitrogens is 2. The number of fused-ring (bicyclic) bond motifs is 1. The summed E-state index contributed by atoms with van der Waals surface area (Å²) in [6, 6.07) is 9.62. The van der Waals surface area contributed by atoms with E-state index in [-0.39, 0.29) is 40.6 Å². The molecule has 8 nitrogen and oxygen atoms in total. The number of hydrogen-bond donors (Lipinski definition) is 3. The smallest absolute Gasteiger partial charge is 0.326 e. The lowest BCUT2D eigenvalue weighted by atomic mass is 9.88. The zero-order valence-electron chi connectivity index (χ0n) is 15.8. The van der Waals surface area contributed by atoms with Crippen molar-refractivity contribution in [2.24, 2.45) is 5.92 Å². The van der Waals surface area contributed by atoms with E-state index >= 15 is 0 Å². The zero-order chi connectivity index (χ0) is 21.5. The van der Waals surface area contributed by atoms with Gasteiger partial charge in [0.15, 0.2) is 0 Å². The minimum Gasteiger partial charge on any atom is -0.388 e. The number of rotatable bonds is 4. The van der Waals surface area contributed by atoms with Crippen LogP contribution in [0.3, 0.4) is 0 Å². The lowest BCUT2D eigenvalue weighted by Crippen LogP contribution is -2.39. The van der Waals surface area contributed by atoms with E-state index in [1.807, 2.05) is 0 Å². The fourth-order valence-electron chi connectivity index (χ4n) is 3.82. The number of hydrogen-bond acceptors (Lipinski definition) is 5. The molecule has 1 aliphatic heterocycles. The van der Waals surface area contributed by atoms with Gasteiger partial charge in [0.25, 0.3) is 5.56 Å². The molecule has 2 aromatic carbocycles. The second-order valence-corrected chi connectivity index (χ2v) is 9.29. The Hall–Kier alpha value is -2.82. The molecule has 1 unspecified atom stereocenters. The number of nitrogens with zero attached hydrogens (tertiary/aromatic N) is 1. The molecule has 0 radical (unpaired) electrons. The fraction of sp³-hybridized carbons (Fsp3) is 0.300. The third-order valence-corrected chi connectivity index (χ3v) is 7.40. The summed E-state index contributed by atoms with van der Waals surface area (Å²) in [4.78, 5) is 27.9. The highest BCUT2D eigenvalue weighted by Crippen LogP contribution is 2.33. The number of benzene rings is 2. The van der Waals surface area contributed by atoms with Crippen molar-refractivity contribution < 1.29 is 17.9 Å². The fourth-order valence-corrected chi connectivity index (χ4v) is 5.31. The van der Waals surface area contributed by atoms with E-state index in [9.17, 15) is 27.5 Å². The third kappa shape index (κ3) is 3.81. The number of aromatic nitrogens is 2. The second-order valence-electron chi connectivity index (χ2n) is 7.35. The molecule has 1 fully saturated rings. The van der Waals surface area contributed by atoms with Crippen molar-refractivity contribution in [1.82, 2.24) is 14.3 Å². The highest BCUT2D eigenvalue weighted by molar-refractivity contribution is 7.89. The van der Waals surface area contributed by atoms with Crippen molar-refractivity contribution in [3.8, 4) is 0 Å². The normalized spacial score (nSPS) is 17.3. The van der Waals surface area contributed by atoms with Gasteiger partial charge in [-0.1, -0.05) is 12.1 Å². The summed E-state index contributed by atoms with van der Waals surface area (Å²) in [5.74, 6) is -0.531. The Balaban J connectivity index is 1.52. The van der Waals surface area contributed by atoms with Gasteiger partial charge in [-0.15, -0.1) is 0 Å². The standard InChI is InChI=1S/C20H20FN3O5S/c21-14-3-1-12(2-4-14)18(25)13-7-9-24(10-8-13)30(28,29)15-5-6-17-16(11-15)19(26)23-20(27)22-17/h1-6,11,13,18,25H,7-10H2,(H2,22,23,26,27). The maximum Gasteiger partial charge on any atom is 0.326 e. The van der Waals surface area contributed by atoms with Gasteiger partial charge >= 0.3 is 5.69 Å². The van der Waals surface area contributed by atoms with E-state index in [4.69, 9.17) is 0 Å². The number of piperidine rings is 1. The van der Waals surface area contributed by atoms with Gasteiger partial charge in [-0.3, -0.25) is 9.78 Å². The Labute approximate surface area is 171 Å². The predicted molar refractivity (Wildman–Crippen MR) is 108 cm³/mol. The van der Waals surface area contributed by atoms with Gasteiger partial charge < -0.3 is 10.1 Å². The van der Waals surface area contributed by atoms with E-state index in [1.165, 1.54) is 46.8 Å². The molecule has 0 spiro atoms. The first-order valence-corrected chi connectivity index (χ1v) is 10.9. The first kappa shape index (κ1) is 20.5. The van der Waals surface area contributed by atoms with Gasteiger partial charge in [-0.05, 0) is 54.7 Å². The van der Waals surface area contributed by atoms with E-state index in [0.29, 0.717) is 18.4 Å². The van der Waals surface area contributed by atoms with Crippen molar-refractivity contribution >= 4 is 20.9 Å². The van der Waals surface area contributed by atoms with Crippen molar-refractivity contribution in [3.63, 3.8) is 0 Å². The number of sulfonamides is 1. The number of aliphatic hydroxyl groups is 1. The summed E-state index contributed by atoms with van der Waals surface area (Å²) in [6.45, 7) is 0.427. The first-order chi connectivity index (χ1) is 14.3. The summed E-state index contributed by atoms with van der Waals surface area (Å²) < 4.78 is 40.5. The minimum absolute atomic E-state index is 0.0370. The van der Waals surface area contributed by atoms with Gasteiger partial charge in [0.05, 0.1) is 21.9 Å². The third-order valence-electron chi connectivity index (χ3n) is 5.51. The molecular formula is C20H20FN3O5S. The van der Waals surface area contributed by atoms with E-state index in [2.05, 4.69) is 9.97 Å². The number of nitrogens with one attached hydrogen (secondary N) is 2. The van der Waals surface area contributed by atoms with Gasteiger partial charge in [-0.2, -0.15) is 4.31 Å². The lowest BCUT2D eigenvalue weighted by molar-refractivity contribution is 0.0760. The van der Waals surface area contributed by atoms with Crippen LogP contribution in [-0.4, -0.2) is 40.9 Å². The maximum atomic E-state index is 13.1. The van der Waals surface area contributed by atoms with Crippen LogP contribution in [0, 0.1) is 11.7 Å². The number of halogens is 1. The number of aliphatic hydroxyl groups excluding tert-OH is 1. The van der Waals surface area contributed by atoms with Crippen LogP contribution in [0.2, 0.25) is 0 Å². The molecule has 158 valence electrons. The lowest BCUT2D eigenvalue weighted by Gasteiger charge is -2.33. The summed E-state index contributed by atoms with van der Waals surface area (Å²) in [7, 11) is -3.84. The first-order valence-electron chi connectivity index (χ1n) is 9.46. The zero-order valence-corrected chi connectivity index (χ0v) is 16.7. The van der Waals surface area contributed by atoms with Crippen LogP contribution >= 0.6 is 0 Å². The monoisotopic (exact) mass is 433 g/mol. The Morgan fingerprint density at radius 2 is 1.70 bits per heavy atom. The van der Waals surface area contributed by atoms with Crippen LogP contribution < -0.4 is 11.2 Å². The predicted octanol–water partition coefficient (Wildman–Crippen LogP) is 1.49. The topological polar surface area (TPSA) is 123 Å². The van der Waals surface area contributed by atoms with E-state index < -0.39 is 27.4 Å². The Morgan fingerprint density at radius 3 is 2.37 bits per heavy atom. The summed E-state index contributed by atoms with van der Waals surface area (Å²) in [5.41, 5.74) is -0.471. The molecule has 0 saturated carbocycles. The molecule has 2 heterocycles. The van der Waals surface area contributed by atoms with Crippen LogP contribution in [0.4, 0.5) is 4.39 Å². The Morgan fingerprint density at radius 1 is 1.03 bits per heavy atom. The van der Waals surface area contributed by atoms with Crippen molar-refractivity contribution in [2.45, 2.75) is 23.8 Å². The minimum atomic E-state index is -3.84. The van der Waals surface area contributed by atoms with Crippen molar-refractivity contribution in [2.75, 3.05) is 13.1 Å². The van der Waals surface area contributed by atoms with Gasteiger partial charge in [0.1, 0.15) is 5.82 Å². The average Bonchev–Trinajstić information content (AvgIpc) is 2.73. The highest BCUT2D eigenvalue weighted by Gasteiger charge is 2.32. The van der Waals surface area contributed by atoms with Gasteiger partial charge in [0, 0.05) is 13.1 Å². The quantitative estimate of drug-likeness (QED) is 0.575.